The molecule has 1 aromatic carbocycles. The number of carbonyl (C=O) groups excluding carboxylic acids is 2. The van der Waals surface area contributed by atoms with Gasteiger partial charge >= 0.3 is 0 Å². The first kappa shape index (κ1) is 27.1. The van der Waals surface area contributed by atoms with Crippen LogP contribution in [0.25, 0.3) is 0 Å². The Bertz CT molecular complexity index is 862. The molecule has 36 heavy (non-hydrogen) atoms. The zero-order chi connectivity index (χ0) is 25.3. The first-order chi connectivity index (χ1) is 17.6. The SMILES string of the molecule is CC(=O)N1CCCCCCCN(C2CCOCC2)Cc2cc(C(=O)N3CCC(CCO)CC3)ccc21. The van der Waals surface area contributed by atoms with E-state index in [9.17, 15) is 14.7 Å². The molecule has 0 bridgehead atoms. The van der Waals surface area contributed by atoms with Gasteiger partial charge in [0.25, 0.3) is 5.91 Å². The quantitative estimate of drug-likeness (QED) is 0.672. The zero-order valence-corrected chi connectivity index (χ0v) is 22.1. The van der Waals surface area contributed by atoms with Crippen molar-refractivity contribution in [2.24, 2.45) is 5.92 Å². The number of rotatable bonds is 4. The third-order valence-electron chi connectivity index (χ3n) is 8.34. The van der Waals surface area contributed by atoms with Gasteiger partial charge in [-0.15, -0.1) is 0 Å². The van der Waals surface area contributed by atoms with E-state index in [1.54, 1.807) is 6.92 Å². The zero-order valence-electron chi connectivity index (χ0n) is 22.1. The van der Waals surface area contributed by atoms with Gasteiger partial charge in [0, 0.05) is 70.2 Å². The van der Waals surface area contributed by atoms with Crippen molar-refractivity contribution in [2.75, 3.05) is 50.9 Å². The summed E-state index contributed by atoms with van der Waals surface area (Å²) in [6, 6.07) is 6.47. The Kier molecular flexibility index (Phi) is 10.2. The third kappa shape index (κ3) is 7.08. The molecular formula is C29H45N3O4. The molecule has 1 N–H and O–H groups in total. The molecule has 200 valence electrons. The molecule has 3 heterocycles. The van der Waals surface area contributed by atoms with E-state index < -0.39 is 0 Å². The van der Waals surface area contributed by atoms with Crippen LogP contribution in [0.5, 0.6) is 0 Å². The summed E-state index contributed by atoms with van der Waals surface area (Å²) in [6.07, 6.45) is 10.6. The first-order valence-electron chi connectivity index (χ1n) is 14.2. The van der Waals surface area contributed by atoms with Gasteiger partial charge in [0.1, 0.15) is 0 Å². The van der Waals surface area contributed by atoms with Crippen LogP contribution in [-0.4, -0.2) is 78.8 Å². The van der Waals surface area contributed by atoms with E-state index in [0.29, 0.717) is 12.0 Å². The maximum Gasteiger partial charge on any atom is 0.253 e. The van der Waals surface area contributed by atoms with E-state index in [-0.39, 0.29) is 18.4 Å². The van der Waals surface area contributed by atoms with Gasteiger partial charge in [0.2, 0.25) is 5.91 Å². The van der Waals surface area contributed by atoms with Crippen molar-refractivity contribution in [3.63, 3.8) is 0 Å². The average Bonchev–Trinajstić information content (AvgIpc) is 2.89. The summed E-state index contributed by atoms with van der Waals surface area (Å²) in [4.78, 5) is 32.7. The number of aliphatic hydroxyl groups is 1. The van der Waals surface area contributed by atoms with Gasteiger partial charge in [-0.1, -0.05) is 19.3 Å². The van der Waals surface area contributed by atoms with Crippen LogP contribution in [0.2, 0.25) is 0 Å². The number of piperidine rings is 1. The summed E-state index contributed by atoms with van der Waals surface area (Å²) in [5.74, 6) is 0.655. The Morgan fingerprint density at radius 3 is 2.33 bits per heavy atom. The highest BCUT2D eigenvalue weighted by molar-refractivity contribution is 5.97. The molecule has 1 aromatic rings. The fourth-order valence-electron chi connectivity index (χ4n) is 6.12. The highest BCUT2D eigenvalue weighted by atomic mass is 16.5. The molecule has 3 aliphatic heterocycles. The van der Waals surface area contributed by atoms with Crippen molar-refractivity contribution in [2.45, 2.75) is 83.7 Å². The molecule has 2 saturated heterocycles. The maximum atomic E-state index is 13.5. The number of amides is 2. The molecule has 4 rings (SSSR count). The summed E-state index contributed by atoms with van der Waals surface area (Å²) < 4.78 is 5.64. The second-order valence-corrected chi connectivity index (χ2v) is 10.8. The van der Waals surface area contributed by atoms with Crippen molar-refractivity contribution in [3.8, 4) is 0 Å². The lowest BCUT2D eigenvalue weighted by molar-refractivity contribution is -0.116. The van der Waals surface area contributed by atoms with Crippen LogP contribution < -0.4 is 4.90 Å². The van der Waals surface area contributed by atoms with Gasteiger partial charge < -0.3 is 19.6 Å². The van der Waals surface area contributed by atoms with E-state index in [2.05, 4.69) is 11.0 Å². The number of aliphatic hydroxyl groups excluding tert-OH is 1. The number of nitrogens with zero attached hydrogens (tertiary/aromatic N) is 3. The van der Waals surface area contributed by atoms with Crippen LogP contribution in [0, 0.1) is 5.92 Å². The molecule has 2 amide bonds. The lowest BCUT2D eigenvalue weighted by atomic mass is 9.93. The predicted molar refractivity (Wildman–Crippen MR) is 142 cm³/mol. The van der Waals surface area contributed by atoms with Gasteiger partial charge in [-0.3, -0.25) is 14.5 Å². The van der Waals surface area contributed by atoms with Crippen molar-refractivity contribution in [1.29, 1.82) is 0 Å². The summed E-state index contributed by atoms with van der Waals surface area (Å²) >= 11 is 0. The van der Waals surface area contributed by atoms with Crippen molar-refractivity contribution in [3.05, 3.63) is 29.3 Å². The number of benzene rings is 1. The number of fused-ring (bicyclic) bond motifs is 1. The molecule has 0 unspecified atom stereocenters. The van der Waals surface area contributed by atoms with E-state index in [1.807, 2.05) is 21.9 Å². The Morgan fingerprint density at radius 1 is 0.944 bits per heavy atom. The van der Waals surface area contributed by atoms with Gasteiger partial charge in [-0.25, -0.2) is 0 Å². The molecule has 0 atom stereocenters. The average molecular weight is 500 g/mol. The highest BCUT2D eigenvalue weighted by Gasteiger charge is 2.27. The second kappa shape index (κ2) is 13.5. The largest absolute Gasteiger partial charge is 0.396 e. The molecule has 0 spiro atoms. The lowest BCUT2D eigenvalue weighted by Crippen LogP contribution is -2.41. The van der Waals surface area contributed by atoms with E-state index in [0.717, 1.165) is 108 Å². The lowest BCUT2D eigenvalue weighted by Gasteiger charge is -2.36. The Hall–Kier alpha value is -1.96. The fourth-order valence-corrected chi connectivity index (χ4v) is 6.12. The Morgan fingerprint density at radius 2 is 1.64 bits per heavy atom. The number of hydrogen-bond acceptors (Lipinski definition) is 5. The summed E-state index contributed by atoms with van der Waals surface area (Å²) in [6.45, 7) is 7.50. The van der Waals surface area contributed by atoms with Crippen LogP contribution >= 0.6 is 0 Å². The third-order valence-corrected chi connectivity index (χ3v) is 8.34. The summed E-state index contributed by atoms with van der Waals surface area (Å²) in [5.41, 5.74) is 2.76. The first-order valence-corrected chi connectivity index (χ1v) is 14.2. The van der Waals surface area contributed by atoms with Crippen molar-refractivity contribution < 1.29 is 19.4 Å². The van der Waals surface area contributed by atoms with Gasteiger partial charge in [-0.2, -0.15) is 0 Å². The fraction of sp³-hybridized carbons (Fsp3) is 0.724. The molecule has 0 aromatic heterocycles. The van der Waals surface area contributed by atoms with E-state index in [4.69, 9.17) is 4.74 Å². The maximum absolute atomic E-state index is 13.5. The minimum atomic E-state index is 0.0657. The van der Waals surface area contributed by atoms with Crippen molar-refractivity contribution >= 4 is 17.5 Å². The molecule has 7 nitrogen and oxygen atoms in total. The summed E-state index contributed by atoms with van der Waals surface area (Å²) in [5, 5.41) is 9.25. The number of hydrogen-bond donors (Lipinski definition) is 1. The summed E-state index contributed by atoms with van der Waals surface area (Å²) in [7, 11) is 0. The number of likely N-dealkylation sites (tertiary alicyclic amines) is 1. The number of carbonyl (C=O) groups is 2. The van der Waals surface area contributed by atoms with Crippen LogP contribution in [0.4, 0.5) is 5.69 Å². The van der Waals surface area contributed by atoms with Gasteiger partial charge in [0.05, 0.1) is 0 Å². The number of ether oxygens (including phenoxy) is 1. The molecule has 0 radical (unpaired) electrons. The van der Waals surface area contributed by atoms with Crippen LogP contribution in [0.3, 0.4) is 0 Å². The minimum Gasteiger partial charge on any atom is -0.396 e. The smallest absolute Gasteiger partial charge is 0.253 e. The van der Waals surface area contributed by atoms with Crippen LogP contribution in [-0.2, 0) is 16.1 Å². The van der Waals surface area contributed by atoms with E-state index in [1.165, 1.54) is 19.3 Å². The standard InChI is InChI=1S/C29H45N3O4/c1-23(34)32-15-6-4-2-3-5-14-31(27-12-19-36-20-13-27)22-26-21-25(7-8-28(26)32)29(35)30-16-9-24(10-17-30)11-18-33/h7-8,21,24,27,33H,2-6,9-20,22H2,1H3. The molecule has 0 saturated carbocycles. The molecular weight excluding hydrogens is 454 g/mol. The predicted octanol–water partition coefficient (Wildman–Crippen LogP) is 4.22. The van der Waals surface area contributed by atoms with Crippen LogP contribution in [0.15, 0.2) is 18.2 Å². The minimum absolute atomic E-state index is 0.0657. The van der Waals surface area contributed by atoms with Crippen LogP contribution in [0.1, 0.15) is 87.1 Å². The monoisotopic (exact) mass is 499 g/mol. The Labute approximate surface area is 216 Å². The highest BCUT2D eigenvalue weighted by Crippen LogP contribution is 2.29. The van der Waals surface area contributed by atoms with E-state index >= 15 is 0 Å². The van der Waals surface area contributed by atoms with Gasteiger partial charge in [0.15, 0.2) is 0 Å². The second-order valence-electron chi connectivity index (χ2n) is 10.8. The van der Waals surface area contributed by atoms with Crippen molar-refractivity contribution in [1.82, 2.24) is 9.80 Å². The molecule has 3 aliphatic rings. The molecule has 0 aliphatic carbocycles. The Balaban J connectivity index is 1.61. The number of anilines is 1. The normalized spacial score (nSPS) is 21.9. The van der Waals surface area contributed by atoms with Gasteiger partial charge in [-0.05, 0) is 81.2 Å². The molecule has 7 heteroatoms. The topological polar surface area (TPSA) is 73.3 Å². The molecule has 2 fully saturated rings.